The second kappa shape index (κ2) is 18.7. The van der Waals surface area contributed by atoms with Crippen LogP contribution < -0.4 is 44.9 Å². The average Bonchev–Trinajstić information content (AvgIpc) is 3.54. The number of aryl methyl sites for hydroxylation is 2. The van der Waals surface area contributed by atoms with Gasteiger partial charge in [-0.3, -0.25) is 4.79 Å². The molecule has 0 saturated carbocycles. The zero-order valence-corrected chi connectivity index (χ0v) is 37.6. The molecule has 0 spiro atoms. The molecule has 2 N–H and O–H groups in total. The van der Waals surface area contributed by atoms with Gasteiger partial charge in [-0.25, -0.2) is 13.4 Å². The van der Waals surface area contributed by atoms with Crippen LogP contribution >= 0.6 is 0 Å². The molecule has 2 aliphatic rings. The summed E-state index contributed by atoms with van der Waals surface area (Å²) in [5.41, 5.74) is 14.7. The third kappa shape index (κ3) is 9.72. The van der Waals surface area contributed by atoms with Gasteiger partial charge in [0.1, 0.15) is 34.9 Å². The Balaban J connectivity index is 0.00000641. The van der Waals surface area contributed by atoms with Gasteiger partial charge in [0.05, 0.1) is 10.3 Å². The summed E-state index contributed by atoms with van der Waals surface area (Å²) in [4.78, 5) is 23.5. The number of carbonyl (C=O) groups excluding carboxylic acids is 1. The quantitative estimate of drug-likeness (QED) is 0.0681. The Bertz CT molecular complexity index is 2390. The van der Waals surface area contributed by atoms with Gasteiger partial charge in [-0.05, 0) is 108 Å². The molecular weight excluding hydrogens is 758 g/mol. The van der Waals surface area contributed by atoms with Crippen molar-refractivity contribution in [3.8, 4) is 6.01 Å². The Hall–Kier alpha value is -4.39. The van der Waals surface area contributed by atoms with Crippen LogP contribution in [-0.4, -0.2) is 52.1 Å². The largest absolute Gasteiger partial charge is 1.00 e. The number of nitrogen functional groups attached to an aromatic ring is 1. The molecule has 4 aromatic rings. The second-order valence-electron chi connectivity index (χ2n) is 15.5. The van der Waals surface area contributed by atoms with Crippen LogP contribution in [0.1, 0.15) is 88.1 Å². The maximum Gasteiger partial charge on any atom is 1.00 e. The van der Waals surface area contributed by atoms with Gasteiger partial charge in [-0.1, -0.05) is 60.2 Å². The van der Waals surface area contributed by atoms with E-state index in [4.69, 9.17) is 10.5 Å². The number of hydrogen-bond acceptors (Lipinski definition) is 9. The molecule has 10 nitrogen and oxygen atoms in total. The Kier molecular flexibility index (Phi) is 14.4. The van der Waals surface area contributed by atoms with Crippen molar-refractivity contribution in [3.63, 3.8) is 0 Å². The van der Waals surface area contributed by atoms with Crippen molar-refractivity contribution in [1.82, 2.24) is 9.97 Å². The van der Waals surface area contributed by atoms with Gasteiger partial charge in [0.15, 0.2) is 5.71 Å². The third-order valence-electron chi connectivity index (χ3n) is 11.3. The first kappa shape index (κ1) is 44.7. The summed E-state index contributed by atoms with van der Waals surface area (Å²) in [5, 5.41) is 0. The fraction of sp³-hybridized carbons (Fsp3) is 0.348. The number of nitrogens with zero attached hydrogens (tertiary/aromatic N) is 4. The number of carbonyl (C=O) groups is 1. The minimum atomic E-state index is -4.56. The molecule has 3 aromatic carbocycles. The van der Waals surface area contributed by atoms with E-state index in [9.17, 15) is 17.8 Å². The van der Waals surface area contributed by atoms with Gasteiger partial charge in [0.25, 0.3) is 0 Å². The molecule has 0 fully saturated rings. The molecule has 0 radical (unpaired) electrons. The number of ether oxygens (including phenoxy) is 1. The fourth-order valence-corrected chi connectivity index (χ4v) is 8.70. The smallest absolute Gasteiger partial charge is 0.744 e. The summed E-state index contributed by atoms with van der Waals surface area (Å²) < 4.78 is 43.2. The average molecular weight is 811 g/mol. The van der Waals surface area contributed by atoms with Crippen molar-refractivity contribution in [1.29, 1.82) is 0 Å². The van der Waals surface area contributed by atoms with Crippen LogP contribution in [0.25, 0.3) is 0 Å². The minimum Gasteiger partial charge on any atom is -0.744 e. The number of fused-ring (bicyclic) bond motifs is 2. The Morgan fingerprint density at radius 1 is 0.948 bits per heavy atom. The van der Waals surface area contributed by atoms with Crippen molar-refractivity contribution in [2.45, 2.75) is 96.0 Å². The van der Waals surface area contributed by atoms with Gasteiger partial charge in [-0.15, -0.1) is 0 Å². The van der Waals surface area contributed by atoms with E-state index in [-0.39, 0.29) is 51.7 Å². The van der Waals surface area contributed by atoms with Gasteiger partial charge >= 0.3 is 35.6 Å². The number of nitrogens with two attached hydrogens (primary N) is 1. The van der Waals surface area contributed by atoms with Gasteiger partial charge < -0.3 is 19.9 Å². The number of ketones is 1. The Morgan fingerprint density at radius 2 is 1.69 bits per heavy atom. The summed E-state index contributed by atoms with van der Waals surface area (Å²) >= 11 is 0. The number of anilines is 2. The molecule has 0 saturated heterocycles. The molecule has 3 heterocycles. The number of aromatic nitrogens is 2. The Morgan fingerprint density at radius 3 is 2.38 bits per heavy atom. The molecule has 12 heteroatoms. The molecule has 0 aliphatic carbocycles. The van der Waals surface area contributed by atoms with Crippen molar-refractivity contribution in [3.05, 3.63) is 137 Å². The molecule has 0 bridgehead atoms. The van der Waals surface area contributed by atoms with Crippen molar-refractivity contribution in [2.75, 3.05) is 23.7 Å². The first-order chi connectivity index (χ1) is 27.1. The van der Waals surface area contributed by atoms with E-state index in [1.165, 1.54) is 34.6 Å². The summed E-state index contributed by atoms with van der Waals surface area (Å²) in [6.07, 6.45) is 15.3. The summed E-state index contributed by atoms with van der Waals surface area (Å²) in [6, 6.07) is 21.2. The second-order valence-corrected chi connectivity index (χ2v) is 16.9. The van der Waals surface area contributed by atoms with Crippen LogP contribution in [0.5, 0.6) is 6.01 Å². The summed E-state index contributed by atoms with van der Waals surface area (Å²) in [7, 11) is -4.56. The molecular formula is C46H53N5NaO5S+. The number of rotatable bonds is 16. The summed E-state index contributed by atoms with van der Waals surface area (Å²) in [5.74, 6) is 0.620. The van der Waals surface area contributed by atoms with Crippen molar-refractivity contribution < 1.29 is 56.6 Å². The maximum atomic E-state index is 13.2. The minimum absolute atomic E-state index is 0. The topological polar surface area (TPSA) is 142 Å². The number of hydrogen-bond donors (Lipinski definition) is 1. The third-order valence-corrected chi connectivity index (χ3v) is 12.1. The molecule has 1 atom stereocenters. The molecule has 298 valence electrons. The van der Waals surface area contributed by atoms with E-state index in [0.29, 0.717) is 38.2 Å². The van der Waals surface area contributed by atoms with Crippen LogP contribution in [0.2, 0.25) is 0 Å². The molecule has 1 unspecified atom stereocenters. The molecule has 0 amide bonds. The van der Waals surface area contributed by atoms with Crippen LogP contribution in [0.3, 0.4) is 0 Å². The monoisotopic (exact) mass is 810 g/mol. The Labute approximate surface area is 365 Å². The van der Waals surface area contributed by atoms with E-state index in [1.54, 1.807) is 18.3 Å². The SMILES string of the molecule is CCN1/C(=C/C=C/C=C/C2=[N+](CC)c3ccc(S(=O)(=O)[O-])cc3C2(C)C)C(C)(CCCC(=O)CCc2ccc(COc3nccc(N)n3)cc2)c2cc(C)ccc21.[Na+]. The van der Waals surface area contributed by atoms with Crippen molar-refractivity contribution >= 4 is 38.8 Å². The zero-order valence-electron chi connectivity index (χ0n) is 34.8. The molecule has 2 aliphatic heterocycles. The van der Waals surface area contributed by atoms with E-state index >= 15 is 0 Å². The van der Waals surface area contributed by atoms with Gasteiger partial charge in [0.2, 0.25) is 5.69 Å². The fourth-order valence-electron chi connectivity index (χ4n) is 8.20. The molecule has 58 heavy (non-hydrogen) atoms. The van der Waals surface area contributed by atoms with E-state index in [0.717, 1.165) is 47.5 Å². The normalized spacial score (nSPS) is 17.9. The summed E-state index contributed by atoms with van der Waals surface area (Å²) in [6.45, 7) is 14.6. The van der Waals surface area contributed by atoms with Gasteiger partial charge in [0, 0.05) is 60.1 Å². The number of likely N-dealkylation sites (N-methyl/N-ethyl adjacent to an activating group) is 1. The van der Waals surface area contributed by atoms with Crippen LogP contribution in [0.4, 0.5) is 17.2 Å². The van der Waals surface area contributed by atoms with Crippen LogP contribution in [0, 0.1) is 6.92 Å². The standard InChI is InChI=1S/C46H53N5O5S.Na/c1-7-50-39-25-23-36(57(53,54)55)30-37(39)45(4,5)41(50)14-10-9-11-15-42-46(6,38-29-32(3)16-24-40(38)51(42)8-2)27-12-13-35(52)22-21-33-17-19-34(20-18-33)31-56-44-48-28-26-43(47)49-44;/h9-11,14-20,23-26,28-30H,7-8,12-13,21-22,27,31H2,1-6H3,(H2-,47,48,49,53,54,55);/q;+1. The number of benzene rings is 3. The number of allylic oxidation sites excluding steroid dienone is 6. The predicted octanol–water partition coefficient (Wildman–Crippen LogP) is 5.42. The number of Topliss-reactive ketones (excluding diaryl/α,β-unsaturated/α-hetero) is 1. The van der Waals surface area contributed by atoms with E-state index < -0.39 is 15.5 Å². The van der Waals surface area contributed by atoms with Crippen LogP contribution in [0.15, 0.2) is 114 Å². The van der Waals surface area contributed by atoms with Crippen molar-refractivity contribution in [2.24, 2.45) is 0 Å². The zero-order chi connectivity index (χ0) is 41.0. The maximum absolute atomic E-state index is 13.2. The van der Waals surface area contributed by atoms with Crippen LogP contribution in [-0.2, 0) is 38.8 Å². The molecule has 1 aromatic heterocycles. The predicted molar refractivity (Wildman–Crippen MR) is 225 cm³/mol. The first-order valence-corrected chi connectivity index (χ1v) is 21.1. The van der Waals surface area contributed by atoms with E-state index in [1.807, 2.05) is 36.4 Å². The van der Waals surface area contributed by atoms with Gasteiger partial charge in [-0.2, -0.15) is 9.56 Å². The first-order valence-electron chi connectivity index (χ1n) is 19.7. The van der Waals surface area contributed by atoms with E-state index in [2.05, 4.69) is 97.4 Å². The molecule has 6 rings (SSSR count).